The van der Waals surface area contributed by atoms with Crippen molar-refractivity contribution in [1.82, 2.24) is 4.90 Å². The first-order valence-corrected chi connectivity index (χ1v) is 10.4. The van der Waals surface area contributed by atoms with Crippen LogP contribution in [-0.2, 0) is 4.74 Å². The summed E-state index contributed by atoms with van der Waals surface area (Å²) in [6.07, 6.45) is 4.46. The van der Waals surface area contributed by atoms with Gasteiger partial charge in [-0.3, -0.25) is 4.79 Å². The maximum atomic E-state index is 13.2. The minimum atomic E-state index is 0.00714. The van der Waals surface area contributed by atoms with Gasteiger partial charge in [0.05, 0.1) is 12.1 Å². The monoisotopic (exact) mass is 399 g/mol. The summed E-state index contributed by atoms with van der Waals surface area (Å²) < 4.78 is 11.4. The molecule has 1 aliphatic heterocycles. The minimum absolute atomic E-state index is 0.00714. The van der Waals surface area contributed by atoms with Gasteiger partial charge in [-0.15, -0.1) is 0 Å². The Balaban J connectivity index is 1.44. The fourth-order valence-corrected chi connectivity index (χ4v) is 3.85. The summed E-state index contributed by atoms with van der Waals surface area (Å²) in [5.41, 5.74) is 1.79. The van der Waals surface area contributed by atoms with Crippen LogP contribution in [0.25, 0.3) is 0 Å². The highest BCUT2D eigenvalue weighted by Crippen LogP contribution is 2.36. The van der Waals surface area contributed by atoms with E-state index in [0.717, 1.165) is 43.6 Å². The lowest BCUT2D eigenvalue weighted by Crippen LogP contribution is -2.35. The fourth-order valence-electron chi connectivity index (χ4n) is 3.72. The summed E-state index contributed by atoms with van der Waals surface area (Å²) >= 11 is 6.01. The van der Waals surface area contributed by atoms with Crippen LogP contribution >= 0.6 is 11.6 Å². The van der Waals surface area contributed by atoms with E-state index in [1.165, 1.54) is 0 Å². The molecule has 1 amide bonds. The van der Waals surface area contributed by atoms with Crippen molar-refractivity contribution in [1.29, 1.82) is 0 Å². The van der Waals surface area contributed by atoms with Gasteiger partial charge in [-0.25, -0.2) is 0 Å². The second-order valence-electron chi connectivity index (χ2n) is 7.64. The highest BCUT2D eigenvalue weighted by atomic mass is 35.5. The molecule has 4 rings (SSSR count). The molecule has 2 aromatic carbocycles. The highest BCUT2D eigenvalue weighted by Gasteiger charge is 2.36. The topological polar surface area (TPSA) is 38.8 Å². The van der Waals surface area contributed by atoms with Crippen LogP contribution in [0.4, 0.5) is 0 Å². The lowest BCUT2D eigenvalue weighted by atomic mass is 10.1. The molecule has 0 aromatic heterocycles. The molecule has 2 fully saturated rings. The molecule has 4 nitrogen and oxygen atoms in total. The van der Waals surface area contributed by atoms with Crippen molar-refractivity contribution in [2.24, 2.45) is 0 Å². The fraction of sp³-hybridized carbons (Fsp3) is 0.435. The van der Waals surface area contributed by atoms with E-state index in [-0.39, 0.29) is 18.1 Å². The standard InChI is InChI=1S/C23H26ClNO3/c1-16(17-4-8-19(24)9-5-17)25(20-10-11-20)23(26)18-6-12-21(13-7-18)28-15-22-3-2-14-27-22/h4-9,12-13,16,20,22H,2-3,10-11,14-15H2,1H3. The highest BCUT2D eigenvalue weighted by molar-refractivity contribution is 6.30. The second kappa shape index (κ2) is 8.54. The molecule has 1 saturated heterocycles. The van der Waals surface area contributed by atoms with E-state index in [0.29, 0.717) is 23.2 Å². The molecule has 2 unspecified atom stereocenters. The smallest absolute Gasteiger partial charge is 0.254 e. The molecule has 148 valence electrons. The van der Waals surface area contributed by atoms with Gasteiger partial charge in [-0.1, -0.05) is 23.7 Å². The third-order valence-corrected chi connectivity index (χ3v) is 5.76. The van der Waals surface area contributed by atoms with E-state index in [4.69, 9.17) is 21.1 Å². The van der Waals surface area contributed by atoms with Crippen LogP contribution in [0, 0.1) is 0 Å². The lowest BCUT2D eigenvalue weighted by Gasteiger charge is -2.30. The zero-order valence-corrected chi connectivity index (χ0v) is 16.9. The van der Waals surface area contributed by atoms with Gasteiger partial charge in [0.2, 0.25) is 0 Å². The molecule has 2 aromatic rings. The number of ether oxygens (including phenoxy) is 2. The average molecular weight is 400 g/mol. The molecule has 0 spiro atoms. The Labute approximate surface area is 171 Å². The predicted octanol–water partition coefficient (Wildman–Crippen LogP) is 5.26. The van der Waals surface area contributed by atoms with E-state index in [1.54, 1.807) is 0 Å². The van der Waals surface area contributed by atoms with Crippen molar-refractivity contribution in [3.63, 3.8) is 0 Å². The van der Waals surface area contributed by atoms with Gasteiger partial charge in [0, 0.05) is 23.2 Å². The zero-order chi connectivity index (χ0) is 19.5. The molecule has 1 heterocycles. The van der Waals surface area contributed by atoms with Crippen LogP contribution in [0.15, 0.2) is 48.5 Å². The maximum Gasteiger partial charge on any atom is 0.254 e. The Morgan fingerprint density at radius 3 is 2.46 bits per heavy atom. The second-order valence-corrected chi connectivity index (χ2v) is 8.08. The number of hydrogen-bond donors (Lipinski definition) is 0. The third-order valence-electron chi connectivity index (χ3n) is 5.51. The Bertz CT molecular complexity index is 796. The van der Waals surface area contributed by atoms with Crippen LogP contribution in [-0.4, -0.2) is 36.2 Å². The van der Waals surface area contributed by atoms with Crippen molar-refractivity contribution in [2.75, 3.05) is 13.2 Å². The summed E-state index contributed by atoms with van der Waals surface area (Å²) in [4.78, 5) is 15.2. The van der Waals surface area contributed by atoms with Gasteiger partial charge < -0.3 is 14.4 Å². The zero-order valence-electron chi connectivity index (χ0n) is 16.1. The Morgan fingerprint density at radius 1 is 1.14 bits per heavy atom. The summed E-state index contributed by atoms with van der Waals surface area (Å²) in [6, 6.07) is 15.5. The van der Waals surface area contributed by atoms with E-state index >= 15 is 0 Å². The van der Waals surface area contributed by atoms with E-state index in [9.17, 15) is 4.79 Å². The SMILES string of the molecule is CC(c1ccc(Cl)cc1)N(C(=O)c1ccc(OCC2CCCO2)cc1)C1CC1. The Hall–Kier alpha value is -2.04. The van der Waals surface area contributed by atoms with Gasteiger partial charge in [0.15, 0.2) is 0 Å². The first kappa shape index (κ1) is 19.3. The molecular weight excluding hydrogens is 374 g/mol. The quantitative estimate of drug-likeness (QED) is 0.637. The van der Waals surface area contributed by atoms with Crippen LogP contribution in [0.5, 0.6) is 5.75 Å². The molecule has 2 atom stereocenters. The number of amides is 1. The largest absolute Gasteiger partial charge is 0.491 e. The van der Waals surface area contributed by atoms with Gasteiger partial charge in [0.1, 0.15) is 12.4 Å². The molecular formula is C23H26ClNO3. The minimum Gasteiger partial charge on any atom is -0.491 e. The normalized spacial score (nSPS) is 20.0. The Morgan fingerprint density at radius 2 is 1.86 bits per heavy atom. The molecule has 2 aliphatic rings. The molecule has 0 bridgehead atoms. The number of hydrogen-bond acceptors (Lipinski definition) is 3. The molecule has 1 saturated carbocycles. The van der Waals surface area contributed by atoms with E-state index < -0.39 is 0 Å². The molecule has 5 heteroatoms. The van der Waals surface area contributed by atoms with Crippen LogP contribution in [0.3, 0.4) is 0 Å². The van der Waals surface area contributed by atoms with Crippen molar-refractivity contribution in [3.8, 4) is 5.75 Å². The maximum absolute atomic E-state index is 13.2. The summed E-state index contributed by atoms with van der Waals surface area (Å²) in [5.74, 6) is 0.839. The van der Waals surface area contributed by atoms with Crippen molar-refractivity contribution in [3.05, 3.63) is 64.7 Å². The predicted molar refractivity (Wildman–Crippen MR) is 110 cm³/mol. The number of carbonyl (C=O) groups excluding carboxylic acids is 1. The molecule has 28 heavy (non-hydrogen) atoms. The number of carbonyl (C=O) groups is 1. The van der Waals surface area contributed by atoms with Crippen molar-refractivity contribution < 1.29 is 14.3 Å². The number of rotatable bonds is 7. The summed E-state index contributed by atoms with van der Waals surface area (Å²) in [5, 5.41) is 0.707. The van der Waals surface area contributed by atoms with E-state index in [2.05, 4.69) is 6.92 Å². The van der Waals surface area contributed by atoms with Gasteiger partial charge >= 0.3 is 0 Å². The summed E-state index contributed by atoms with van der Waals surface area (Å²) in [7, 11) is 0. The van der Waals surface area contributed by atoms with Gasteiger partial charge in [-0.2, -0.15) is 0 Å². The van der Waals surface area contributed by atoms with Gasteiger partial charge in [0.25, 0.3) is 5.91 Å². The number of benzene rings is 2. The molecule has 1 aliphatic carbocycles. The average Bonchev–Trinajstić information content (AvgIpc) is 3.40. The third kappa shape index (κ3) is 4.50. The van der Waals surface area contributed by atoms with Crippen molar-refractivity contribution in [2.45, 2.75) is 50.8 Å². The summed E-state index contributed by atoms with van der Waals surface area (Å²) in [6.45, 7) is 3.47. The van der Waals surface area contributed by atoms with Crippen LogP contribution in [0.2, 0.25) is 5.02 Å². The van der Waals surface area contributed by atoms with Crippen LogP contribution < -0.4 is 4.74 Å². The lowest BCUT2D eigenvalue weighted by molar-refractivity contribution is 0.0667. The molecule has 0 N–H and O–H groups in total. The molecule has 0 radical (unpaired) electrons. The van der Waals surface area contributed by atoms with E-state index in [1.807, 2.05) is 53.4 Å². The Kier molecular flexibility index (Phi) is 5.88. The first-order chi connectivity index (χ1) is 13.6. The number of halogens is 1. The van der Waals surface area contributed by atoms with Crippen molar-refractivity contribution >= 4 is 17.5 Å². The number of nitrogens with zero attached hydrogens (tertiary/aromatic N) is 1. The van der Waals surface area contributed by atoms with Crippen LogP contribution in [0.1, 0.15) is 54.6 Å². The van der Waals surface area contributed by atoms with Gasteiger partial charge in [-0.05, 0) is 74.6 Å². The first-order valence-electron chi connectivity index (χ1n) is 10.0.